The molecule has 1 heterocycles. The Morgan fingerprint density at radius 1 is 1.35 bits per heavy atom. The van der Waals surface area contributed by atoms with Crippen LogP contribution in [0.15, 0.2) is 4.52 Å². The molecule has 1 saturated carbocycles. The van der Waals surface area contributed by atoms with Crippen molar-refractivity contribution in [2.45, 2.75) is 78.2 Å². The molecule has 114 valence electrons. The molecular formula is C16H29N3O. The lowest BCUT2D eigenvalue weighted by molar-refractivity contribution is 0.281. The first kappa shape index (κ1) is 15.5. The fourth-order valence-corrected chi connectivity index (χ4v) is 2.91. The highest BCUT2D eigenvalue weighted by atomic mass is 16.5. The van der Waals surface area contributed by atoms with Gasteiger partial charge in [0.05, 0.1) is 0 Å². The van der Waals surface area contributed by atoms with E-state index >= 15 is 0 Å². The van der Waals surface area contributed by atoms with Crippen molar-refractivity contribution < 1.29 is 4.52 Å². The highest BCUT2D eigenvalue weighted by Crippen LogP contribution is 2.36. The van der Waals surface area contributed by atoms with Crippen LogP contribution in [0.3, 0.4) is 0 Å². The van der Waals surface area contributed by atoms with Gasteiger partial charge >= 0.3 is 0 Å². The predicted molar refractivity (Wildman–Crippen MR) is 80.4 cm³/mol. The summed E-state index contributed by atoms with van der Waals surface area (Å²) in [6, 6.07) is 0.0468. The van der Waals surface area contributed by atoms with E-state index in [9.17, 15) is 0 Å². The summed E-state index contributed by atoms with van der Waals surface area (Å²) in [5, 5.41) is 4.20. The van der Waals surface area contributed by atoms with E-state index in [0.29, 0.717) is 18.2 Å². The summed E-state index contributed by atoms with van der Waals surface area (Å²) in [7, 11) is 0. The number of nitrogens with two attached hydrogens (primary N) is 1. The number of aromatic nitrogens is 2. The van der Waals surface area contributed by atoms with Crippen LogP contribution < -0.4 is 5.73 Å². The number of hydrogen-bond donors (Lipinski definition) is 1. The number of rotatable bonds is 4. The average molecular weight is 279 g/mol. The molecule has 2 rings (SSSR count). The molecule has 1 aromatic heterocycles. The van der Waals surface area contributed by atoms with Gasteiger partial charge in [0.15, 0.2) is 5.82 Å². The first-order chi connectivity index (χ1) is 9.40. The van der Waals surface area contributed by atoms with E-state index in [4.69, 9.17) is 10.3 Å². The zero-order valence-electron chi connectivity index (χ0n) is 13.4. The maximum absolute atomic E-state index is 6.19. The van der Waals surface area contributed by atoms with Crippen LogP contribution in [-0.2, 0) is 6.42 Å². The van der Waals surface area contributed by atoms with E-state index in [1.54, 1.807) is 0 Å². The van der Waals surface area contributed by atoms with Crippen molar-refractivity contribution in [3.8, 4) is 0 Å². The van der Waals surface area contributed by atoms with Gasteiger partial charge in [0.1, 0.15) is 0 Å². The molecule has 0 amide bonds. The molecule has 1 aliphatic carbocycles. The van der Waals surface area contributed by atoms with Gasteiger partial charge in [-0.05, 0) is 24.2 Å². The zero-order chi connectivity index (χ0) is 14.8. The number of hydrogen-bond acceptors (Lipinski definition) is 4. The monoisotopic (exact) mass is 279 g/mol. The summed E-state index contributed by atoms with van der Waals surface area (Å²) in [5.41, 5.74) is 6.25. The summed E-state index contributed by atoms with van der Waals surface area (Å²) < 4.78 is 5.41. The van der Waals surface area contributed by atoms with Crippen LogP contribution in [0, 0.1) is 11.3 Å². The van der Waals surface area contributed by atoms with Crippen molar-refractivity contribution in [2.75, 3.05) is 0 Å². The highest BCUT2D eigenvalue weighted by Gasteiger charge is 2.27. The van der Waals surface area contributed by atoms with Crippen molar-refractivity contribution in [1.29, 1.82) is 0 Å². The summed E-state index contributed by atoms with van der Waals surface area (Å²) in [4.78, 5) is 4.60. The molecule has 2 N–H and O–H groups in total. The Morgan fingerprint density at radius 2 is 2.10 bits per heavy atom. The van der Waals surface area contributed by atoms with E-state index in [0.717, 1.165) is 11.7 Å². The minimum atomic E-state index is 0.0468. The lowest BCUT2D eigenvalue weighted by atomic mass is 9.80. The van der Waals surface area contributed by atoms with Crippen LogP contribution in [0.25, 0.3) is 0 Å². The predicted octanol–water partition coefficient (Wildman–Crippen LogP) is 3.67. The summed E-state index contributed by atoms with van der Waals surface area (Å²) in [5.74, 6) is 2.91. The normalized spacial score (nSPS) is 25.6. The maximum Gasteiger partial charge on any atom is 0.228 e. The molecule has 1 aromatic rings. The molecule has 0 bridgehead atoms. The van der Waals surface area contributed by atoms with Gasteiger partial charge in [-0.15, -0.1) is 0 Å². The molecule has 0 saturated heterocycles. The molecule has 0 radical (unpaired) electrons. The summed E-state index contributed by atoms with van der Waals surface area (Å²) in [6.45, 7) is 8.70. The Labute approximate surface area is 122 Å². The third kappa shape index (κ3) is 3.81. The van der Waals surface area contributed by atoms with Crippen LogP contribution in [0.4, 0.5) is 0 Å². The lowest BCUT2D eigenvalue weighted by Gasteiger charge is -2.26. The molecule has 3 unspecified atom stereocenters. The highest BCUT2D eigenvalue weighted by molar-refractivity contribution is 4.99. The van der Waals surface area contributed by atoms with E-state index in [-0.39, 0.29) is 11.5 Å². The Kier molecular flexibility index (Phi) is 4.84. The largest absolute Gasteiger partial charge is 0.339 e. The molecule has 0 spiro atoms. The topological polar surface area (TPSA) is 64.9 Å². The van der Waals surface area contributed by atoms with E-state index in [2.05, 4.69) is 37.8 Å². The quantitative estimate of drug-likeness (QED) is 0.913. The molecule has 0 aromatic carbocycles. The van der Waals surface area contributed by atoms with Crippen molar-refractivity contribution in [3.63, 3.8) is 0 Å². The number of nitrogens with zero attached hydrogens (tertiary/aromatic N) is 2. The first-order valence-electron chi connectivity index (χ1n) is 7.98. The molecule has 1 aliphatic rings. The van der Waals surface area contributed by atoms with Crippen molar-refractivity contribution >= 4 is 0 Å². The fourth-order valence-electron chi connectivity index (χ4n) is 2.91. The van der Waals surface area contributed by atoms with Gasteiger partial charge in [-0.2, -0.15) is 4.98 Å². The summed E-state index contributed by atoms with van der Waals surface area (Å²) in [6.07, 6.45) is 6.97. The SMILES string of the molecule is CCC1CCCC(c2noc(CC(N)C(C)(C)C)n2)C1. The molecule has 1 fully saturated rings. The van der Waals surface area contributed by atoms with Gasteiger partial charge in [-0.1, -0.05) is 52.1 Å². The molecule has 4 heteroatoms. The Bertz CT molecular complexity index is 422. The van der Waals surface area contributed by atoms with E-state index in [1.807, 2.05) is 0 Å². The van der Waals surface area contributed by atoms with Crippen LogP contribution >= 0.6 is 0 Å². The molecule has 20 heavy (non-hydrogen) atoms. The van der Waals surface area contributed by atoms with Gasteiger partial charge < -0.3 is 10.3 Å². The minimum absolute atomic E-state index is 0.0468. The van der Waals surface area contributed by atoms with Gasteiger partial charge in [-0.3, -0.25) is 0 Å². The molecule has 0 aliphatic heterocycles. The van der Waals surface area contributed by atoms with Crippen LogP contribution in [0.1, 0.15) is 77.4 Å². The van der Waals surface area contributed by atoms with Crippen molar-refractivity contribution in [1.82, 2.24) is 10.1 Å². The maximum atomic E-state index is 6.19. The van der Waals surface area contributed by atoms with Crippen molar-refractivity contribution in [3.05, 3.63) is 11.7 Å². The third-order valence-electron chi connectivity index (χ3n) is 4.72. The van der Waals surface area contributed by atoms with Gasteiger partial charge in [-0.25, -0.2) is 0 Å². The van der Waals surface area contributed by atoms with E-state index in [1.165, 1.54) is 32.1 Å². The van der Waals surface area contributed by atoms with Crippen molar-refractivity contribution in [2.24, 2.45) is 17.1 Å². The first-order valence-corrected chi connectivity index (χ1v) is 7.98. The van der Waals surface area contributed by atoms with Crippen LogP contribution in [0.5, 0.6) is 0 Å². The Morgan fingerprint density at radius 3 is 2.75 bits per heavy atom. The average Bonchev–Trinajstić information content (AvgIpc) is 2.86. The van der Waals surface area contributed by atoms with Gasteiger partial charge in [0.2, 0.25) is 5.89 Å². The molecule has 4 nitrogen and oxygen atoms in total. The smallest absolute Gasteiger partial charge is 0.228 e. The molecule has 3 atom stereocenters. The Hall–Kier alpha value is -0.900. The zero-order valence-corrected chi connectivity index (χ0v) is 13.4. The fraction of sp³-hybridized carbons (Fsp3) is 0.875. The lowest BCUT2D eigenvalue weighted by Crippen LogP contribution is -2.37. The standard InChI is InChI=1S/C16H29N3O/c1-5-11-7-6-8-12(9-11)15-18-14(20-19-15)10-13(17)16(2,3)4/h11-13H,5-10,17H2,1-4H3. The van der Waals surface area contributed by atoms with Crippen LogP contribution in [0.2, 0.25) is 0 Å². The Balaban J connectivity index is 1.98. The minimum Gasteiger partial charge on any atom is -0.339 e. The van der Waals surface area contributed by atoms with Gasteiger partial charge in [0, 0.05) is 18.4 Å². The second-order valence-electron chi connectivity index (χ2n) is 7.36. The van der Waals surface area contributed by atoms with E-state index < -0.39 is 0 Å². The van der Waals surface area contributed by atoms with Gasteiger partial charge in [0.25, 0.3) is 0 Å². The van der Waals surface area contributed by atoms with Crippen LogP contribution in [-0.4, -0.2) is 16.2 Å². The third-order valence-corrected chi connectivity index (χ3v) is 4.72. The second-order valence-corrected chi connectivity index (χ2v) is 7.36. The summed E-state index contributed by atoms with van der Waals surface area (Å²) >= 11 is 0. The molecular weight excluding hydrogens is 250 g/mol. The second kappa shape index (κ2) is 6.25.